The monoisotopic (exact) mass is 504 g/mol. The summed E-state index contributed by atoms with van der Waals surface area (Å²) in [5.74, 6) is 5.30. The molecule has 0 unspecified atom stereocenters. The van der Waals surface area contributed by atoms with E-state index in [1.807, 2.05) is 123 Å². The first-order valence-corrected chi connectivity index (χ1v) is 12.2. The smallest absolute Gasteiger partial charge is 0.153 e. The van der Waals surface area contributed by atoms with Crippen LogP contribution in [0.25, 0.3) is 0 Å². The molecule has 0 aromatic heterocycles. The van der Waals surface area contributed by atoms with Gasteiger partial charge in [0.2, 0.25) is 0 Å². The Kier molecular flexibility index (Phi) is 7.04. The van der Waals surface area contributed by atoms with Crippen molar-refractivity contribution < 1.29 is 18.9 Å². The van der Waals surface area contributed by atoms with Gasteiger partial charge in [-0.05, 0) is 97.8 Å². The average Bonchev–Trinajstić information content (AvgIpc) is 2.91. The van der Waals surface area contributed by atoms with Gasteiger partial charge in [-0.1, -0.05) is 30.3 Å². The van der Waals surface area contributed by atoms with E-state index in [1.54, 1.807) is 0 Å². The van der Waals surface area contributed by atoms with Crippen molar-refractivity contribution in [1.82, 2.24) is 0 Å². The highest BCUT2D eigenvalue weighted by molar-refractivity contribution is 5.59. The molecule has 6 nitrogen and oxygen atoms in total. The van der Waals surface area contributed by atoms with E-state index in [9.17, 15) is 0 Å². The molecule has 0 aliphatic heterocycles. The van der Waals surface area contributed by atoms with Crippen molar-refractivity contribution in [3.8, 4) is 46.0 Å². The van der Waals surface area contributed by atoms with Crippen LogP contribution in [0.1, 0.15) is 11.1 Å². The molecular weight excluding hydrogens is 476 g/mol. The predicted molar refractivity (Wildman–Crippen MR) is 151 cm³/mol. The molecule has 5 rings (SSSR count). The maximum atomic E-state index is 6.05. The first kappa shape index (κ1) is 24.6. The van der Waals surface area contributed by atoms with Crippen molar-refractivity contribution in [3.63, 3.8) is 0 Å². The van der Waals surface area contributed by atoms with Crippen molar-refractivity contribution >= 4 is 11.4 Å². The van der Waals surface area contributed by atoms with Gasteiger partial charge in [-0.3, -0.25) is 0 Å². The molecule has 0 bridgehead atoms. The third kappa shape index (κ3) is 5.82. The molecular formula is C32H28N2O4. The van der Waals surface area contributed by atoms with E-state index in [-0.39, 0.29) is 0 Å². The van der Waals surface area contributed by atoms with Gasteiger partial charge in [0, 0.05) is 6.07 Å². The molecule has 5 aromatic rings. The maximum absolute atomic E-state index is 6.05. The van der Waals surface area contributed by atoms with E-state index in [2.05, 4.69) is 0 Å². The van der Waals surface area contributed by atoms with E-state index >= 15 is 0 Å². The highest BCUT2D eigenvalue weighted by atomic mass is 16.5. The van der Waals surface area contributed by atoms with Crippen molar-refractivity contribution in [2.45, 2.75) is 13.8 Å². The third-order valence-electron chi connectivity index (χ3n) is 5.85. The molecule has 4 N–H and O–H groups in total. The number of anilines is 2. The second-order valence-corrected chi connectivity index (χ2v) is 8.81. The lowest BCUT2D eigenvalue weighted by Gasteiger charge is -2.13. The fourth-order valence-electron chi connectivity index (χ4n) is 3.89. The lowest BCUT2D eigenvalue weighted by Crippen LogP contribution is -1.94. The maximum Gasteiger partial charge on any atom is 0.153 e. The predicted octanol–water partition coefficient (Wildman–Crippen LogP) is 8.64. The average molecular weight is 505 g/mol. The van der Waals surface area contributed by atoms with Crippen LogP contribution in [0, 0.1) is 13.8 Å². The first-order valence-electron chi connectivity index (χ1n) is 12.2. The Labute approximate surface area is 222 Å². The summed E-state index contributed by atoms with van der Waals surface area (Å²) in [7, 11) is 0. The van der Waals surface area contributed by atoms with E-state index in [0.717, 1.165) is 11.1 Å². The topological polar surface area (TPSA) is 89.0 Å². The van der Waals surface area contributed by atoms with Crippen molar-refractivity contribution in [1.29, 1.82) is 0 Å². The summed E-state index contributed by atoms with van der Waals surface area (Å²) in [6.45, 7) is 3.92. The fourth-order valence-corrected chi connectivity index (χ4v) is 3.89. The van der Waals surface area contributed by atoms with Crippen LogP contribution in [0.4, 0.5) is 11.4 Å². The van der Waals surface area contributed by atoms with E-state index in [0.29, 0.717) is 57.4 Å². The van der Waals surface area contributed by atoms with Crippen LogP contribution >= 0.6 is 0 Å². The fraction of sp³-hybridized carbons (Fsp3) is 0.0625. The minimum atomic E-state index is 0.597. The molecule has 0 atom stereocenters. The number of para-hydroxylation sites is 2. The van der Waals surface area contributed by atoms with Crippen molar-refractivity contribution in [2.24, 2.45) is 0 Å². The zero-order chi connectivity index (χ0) is 26.5. The summed E-state index contributed by atoms with van der Waals surface area (Å²) in [6, 6.07) is 33.6. The van der Waals surface area contributed by atoms with Crippen LogP contribution in [0.2, 0.25) is 0 Å². The van der Waals surface area contributed by atoms with Crippen LogP contribution in [0.3, 0.4) is 0 Å². The van der Waals surface area contributed by atoms with Gasteiger partial charge in [-0.15, -0.1) is 0 Å². The van der Waals surface area contributed by atoms with Crippen LogP contribution in [0.15, 0.2) is 109 Å². The van der Waals surface area contributed by atoms with E-state index in [1.165, 1.54) is 0 Å². The Morgan fingerprint density at radius 2 is 0.737 bits per heavy atom. The van der Waals surface area contributed by atoms with Crippen LogP contribution in [-0.4, -0.2) is 0 Å². The number of aryl methyl sites for hydroxylation is 2. The largest absolute Gasteiger partial charge is 0.457 e. The molecule has 6 heteroatoms. The molecule has 0 saturated heterocycles. The minimum Gasteiger partial charge on any atom is -0.457 e. The second-order valence-electron chi connectivity index (χ2n) is 8.81. The Hall–Kier alpha value is -5.10. The standard InChI is InChI=1S/C32H28N2O4/c1-21-6-3-10-29(33)31(21)37-25-16-12-23(13-17-25)35-27-8-5-9-28(20-27)36-24-14-18-26(19-15-24)38-32-22(2)7-4-11-30(32)34/h3-20H,33-34H2,1-2H3. The normalized spacial score (nSPS) is 10.6. The lowest BCUT2D eigenvalue weighted by molar-refractivity contribution is 0.454. The van der Waals surface area contributed by atoms with Gasteiger partial charge in [0.1, 0.15) is 34.5 Å². The number of hydrogen-bond donors (Lipinski definition) is 2. The summed E-state index contributed by atoms with van der Waals surface area (Å²) in [4.78, 5) is 0. The summed E-state index contributed by atoms with van der Waals surface area (Å²) >= 11 is 0. The Morgan fingerprint density at radius 1 is 0.395 bits per heavy atom. The number of hydrogen-bond acceptors (Lipinski definition) is 6. The molecule has 0 amide bonds. The van der Waals surface area contributed by atoms with Gasteiger partial charge in [-0.2, -0.15) is 0 Å². The first-order chi connectivity index (χ1) is 18.4. The van der Waals surface area contributed by atoms with Gasteiger partial charge in [0.05, 0.1) is 11.4 Å². The number of nitrogens with two attached hydrogens (primary N) is 2. The highest BCUT2D eigenvalue weighted by Crippen LogP contribution is 2.35. The minimum absolute atomic E-state index is 0.597. The molecule has 0 spiro atoms. The number of nitrogen functional groups attached to an aromatic ring is 2. The molecule has 0 aliphatic carbocycles. The second kappa shape index (κ2) is 10.9. The summed E-state index contributed by atoms with van der Waals surface area (Å²) in [5.41, 5.74) is 15.2. The number of benzene rings is 5. The molecule has 0 heterocycles. The Morgan fingerprint density at radius 3 is 1.11 bits per heavy atom. The van der Waals surface area contributed by atoms with Crippen molar-refractivity contribution in [3.05, 3.63) is 120 Å². The van der Waals surface area contributed by atoms with E-state index < -0.39 is 0 Å². The lowest BCUT2D eigenvalue weighted by atomic mass is 10.2. The Bertz CT molecular complexity index is 1390. The SMILES string of the molecule is Cc1cccc(N)c1Oc1ccc(Oc2cccc(Oc3ccc(Oc4c(C)cccc4N)cc3)c2)cc1. The third-order valence-corrected chi connectivity index (χ3v) is 5.85. The highest BCUT2D eigenvalue weighted by Gasteiger charge is 2.08. The van der Waals surface area contributed by atoms with Crippen LogP contribution < -0.4 is 30.4 Å². The zero-order valence-electron chi connectivity index (χ0n) is 21.2. The Balaban J connectivity index is 1.22. The van der Waals surface area contributed by atoms with Gasteiger partial charge in [-0.25, -0.2) is 0 Å². The van der Waals surface area contributed by atoms with Crippen LogP contribution in [0.5, 0.6) is 46.0 Å². The number of ether oxygens (including phenoxy) is 4. The van der Waals surface area contributed by atoms with Gasteiger partial charge >= 0.3 is 0 Å². The molecule has 190 valence electrons. The zero-order valence-corrected chi connectivity index (χ0v) is 21.2. The molecule has 0 fully saturated rings. The summed E-state index contributed by atoms with van der Waals surface area (Å²) in [6.07, 6.45) is 0. The van der Waals surface area contributed by atoms with Gasteiger partial charge in [0.25, 0.3) is 0 Å². The quantitative estimate of drug-likeness (QED) is 0.206. The molecule has 5 aromatic carbocycles. The summed E-state index contributed by atoms with van der Waals surface area (Å²) < 4.78 is 24.0. The number of rotatable bonds is 8. The molecule has 0 radical (unpaired) electrons. The molecule has 38 heavy (non-hydrogen) atoms. The van der Waals surface area contributed by atoms with Gasteiger partial charge in [0.15, 0.2) is 11.5 Å². The molecule has 0 saturated carbocycles. The molecule has 0 aliphatic rings. The van der Waals surface area contributed by atoms with Crippen molar-refractivity contribution in [2.75, 3.05) is 11.5 Å². The summed E-state index contributed by atoms with van der Waals surface area (Å²) in [5, 5.41) is 0. The van der Waals surface area contributed by atoms with E-state index in [4.69, 9.17) is 30.4 Å². The van der Waals surface area contributed by atoms with Gasteiger partial charge < -0.3 is 30.4 Å². The van der Waals surface area contributed by atoms with Crippen LogP contribution in [-0.2, 0) is 0 Å².